The van der Waals surface area contributed by atoms with Crippen molar-refractivity contribution in [1.82, 2.24) is 9.55 Å². The highest BCUT2D eigenvalue weighted by molar-refractivity contribution is 6.04. The topological polar surface area (TPSA) is 98.5 Å². The van der Waals surface area contributed by atoms with Crippen molar-refractivity contribution in [2.75, 3.05) is 13.2 Å². The van der Waals surface area contributed by atoms with Crippen LogP contribution < -0.4 is 5.73 Å². The van der Waals surface area contributed by atoms with Gasteiger partial charge in [-0.25, -0.2) is 9.98 Å². The molecule has 2 heterocycles. The molecule has 2 rings (SSSR count). The number of nitrogens with two attached hydrogens (primary N) is 1. The summed E-state index contributed by atoms with van der Waals surface area (Å²) < 4.78 is 13.2. The molecule has 0 spiro atoms. The van der Waals surface area contributed by atoms with E-state index in [1.165, 1.54) is 0 Å². The van der Waals surface area contributed by atoms with Crippen molar-refractivity contribution in [2.45, 2.75) is 78.6 Å². The lowest BCUT2D eigenvalue weighted by Gasteiger charge is -2.25. The third-order valence-corrected chi connectivity index (χ3v) is 5.00. The van der Waals surface area contributed by atoms with Crippen LogP contribution in [0.25, 0.3) is 0 Å². The molecule has 0 radical (unpaired) electrons. The first-order valence-electron chi connectivity index (χ1n) is 10.1. The van der Waals surface area contributed by atoms with Crippen molar-refractivity contribution in [3.8, 4) is 0 Å². The molecule has 1 saturated heterocycles. The zero-order valence-corrected chi connectivity index (χ0v) is 17.0. The Morgan fingerprint density at radius 1 is 1.48 bits per heavy atom. The fourth-order valence-corrected chi connectivity index (χ4v) is 3.04. The summed E-state index contributed by atoms with van der Waals surface area (Å²) in [5.41, 5.74) is 6.54. The Labute approximate surface area is 162 Å². The smallest absolute Gasteiger partial charge is 0.171 e. The number of hydrogen-bond acceptors (Lipinski definition) is 5. The second-order valence-electron chi connectivity index (χ2n) is 7.88. The molecule has 1 fully saturated rings. The average Bonchev–Trinajstić information content (AvgIpc) is 3.08. The summed E-state index contributed by atoms with van der Waals surface area (Å²) in [6.07, 6.45) is 10.4. The van der Waals surface area contributed by atoms with Gasteiger partial charge in [-0.3, -0.25) is 0 Å². The Bertz CT molecular complexity index is 618. The predicted octanol–water partition coefficient (Wildman–Crippen LogP) is 4.04. The number of nitrogens with one attached hydrogen (secondary N) is 1. The fraction of sp³-hybridized carbons (Fsp3) is 0.750. The molecule has 0 amide bonds. The summed E-state index contributed by atoms with van der Waals surface area (Å²) in [5, 5.41) is 8.34. The molecule has 0 saturated carbocycles. The minimum absolute atomic E-state index is 0.0718. The van der Waals surface area contributed by atoms with Gasteiger partial charge in [0.05, 0.1) is 12.9 Å². The number of aromatic nitrogens is 2. The summed E-state index contributed by atoms with van der Waals surface area (Å²) in [6.45, 7) is 8.43. The number of nitrogens with zero attached hydrogens (tertiary/aromatic N) is 3. The second-order valence-corrected chi connectivity index (χ2v) is 7.88. The molecule has 3 N–H and O–H groups in total. The van der Waals surface area contributed by atoms with E-state index in [0.29, 0.717) is 36.9 Å². The molecule has 1 aromatic heterocycles. The molecule has 0 aromatic carbocycles. The molecule has 1 aliphatic rings. The maximum Gasteiger partial charge on any atom is 0.171 e. The SMILES string of the molecule is CCCCC(C)(C)C(=N)CC(N)=Nc1cn(CCOC2CCCCO2)cn1. The van der Waals surface area contributed by atoms with Gasteiger partial charge in [0, 0.05) is 36.9 Å². The highest BCUT2D eigenvalue weighted by atomic mass is 16.7. The normalized spacial score (nSPS) is 18.6. The standard InChI is InChI=1S/C20H35N5O2/c1-4-5-9-20(2,3)16(21)13-17(22)24-18-14-25(15-23-18)10-12-27-19-8-6-7-11-26-19/h14-15,19,21H,4-13H2,1-3H3,(H2,22,24). The van der Waals surface area contributed by atoms with Crippen LogP contribution in [0.1, 0.15) is 65.7 Å². The summed E-state index contributed by atoms with van der Waals surface area (Å²) in [6, 6.07) is 0. The van der Waals surface area contributed by atoms with Gasteiger partial charge in [0.15, 0.2) is 12.1 Å². The third-order valence-electron chi connectivity index (χ3n) is 5.00. The molecule has 152 valence electrons. The van der Waals surface area contributed by atoms with Gasteiger partial charge in [-0.05, 0) is 25.7 Å². The number of hydrogen-bond donors (Lipinski definition) is 2. The maximum absolute atomic E-state index is 8.34. The molecule has 1 aromatic rings. The van der Waals surface area contributed by atoms with Gasteiger partial charge >= 0.3 is 0 Å². The molecule has 1 atom stereocenters. The molecular formula is C20H35N5O2. The van der Waals surface area contributed by atoms with Gasteiger partial charge in [-0.2, -0.15) is 0 Å². The van der Waals surface area contributed by atoms with Crippen LogP contribution in [-0.2, 0) is 16.0 Å². The highest BCUT2D eigenvalue weighted by Crippen LogP contribution is 2.26. The molecule has 0 bridgehead atoms. The first-order chi connectivity index (χ1) is 12.9. The van der Waals surface area contributed by atoms with Gasteiger partial charge in [0.1, 0.15) is 5.84 Å². The third kappa shape index (κ3) is 7.42. The number of amidine groups is 1. The zero-order chi connectivity index (χ0) is 19.7. The van der Waals surface area contributed by atoms with Gasteiger partial charge in [-0.15, -0.1) is 0 Å². The average molecular weight is 378 g/mol. The number of imidazole rings is 1. The van der Waals surface area contributed by atoms with Gasteiger partial charge in [0.2, 0.25) is 0 Å². The first-order valence-corrected chi connectivity index (χ1v) is 10.1. The van der Waals surface area contributed by atoms with E-state index in [4.69, 9.17) is 20.6 Å². The quantitative estimate of drug-likeness (QED) is 0.449. The summed E-state index contributed by atoms with van der Waals surface area (Å²) >= 11 is 0. The summed E-state index contributed by atoms with van der Waals surface area (Å²) in [5.74, 6) is 1.00. The van der Waals surface area contributed by atoms with E-state index in [-0.39, 0.29) is 11.7 Å². The monoisotopic (exact) mass is 377 g/mol. The molecule has 7 nitrogen and oxygen atoms in total. The Balaban J connectivity index is 1.79. The Morgan fingerprint density at radius 2 is 2.30 bits per heavy atom. The van der Waals surface area contributed by atoms with Crippen molar-refractivity contribution >= 4 is 17.4 Å². The van der Waals surface area contributed by atoms with E-state index < -0.39 is 0 Å². The maximum atomic E-state index is 8.34. The molecule has 7 heteroatoms. The van der Waals surface area contributed by atoms with Crippen LogP contribution in [0.5, 0.6) is 0 Å². The van der Waals surface area contributed by atoms with Gasteiger partial charge in [0.25, 0.3) is 0 Å². The van der Waals surface area contributed by atoms with E-state index in [0.717, 1.165) is 45.1 Å². The van der Waals surface area contributed by atoms with Crippen molar-refractivity contribution in [1.29, 1.82) is 5.41 Å². The molecule has 0 aliphatic carbocycles. The van der Waals surface area contributed by atoms with Gasteiger partial charge in [-0.1, -0.05) is 33.6 Å². The number of aliphatic imine (C=N–C) groups is 1. The summed E-state index contributed by atoms with van der Waals surface area (Å²) in [4.78, 5) is 8.65. The predicted molar refractivity (Wildman–Crippen MR) is 109 cm³/mol. The van der Waals surface area contributed by atoms with E-state index in [1.807, 2.05) is 10.8 Å². The Morgan fingerprint density at radius 3 is 3.00 bits per heavy atom. The van der Waals surface area contributed by atoms with Crippen LogP contribution >= 0.6 is 0 Å². The summed E-state index contributed by atoms with van der Waals surface area (Å²) in [7, 11) is 0. The lowest BCUT2D eigenvalue weighted by Crippen LogP contribution is -2.28. The molecular weight excluding hydrogens is 342 g/mol. The molecule has 1 aliphatic heterocycles. The van der Waals surface area contributed by atoms with Gasteiger partial charge < -0.3 is 25.2 Å². The number of rotatable bonds is 11. The van der Waals surface area contributed by atoms with Crippen molar-refractivity contribution in [3.05, 3.63) is 12.5 Å². The minimum atomic E-state index is -0.145. The Kier molecular flexibility index (Phi) is 8.44. The van der Waals surface area contributed by atoms with Crippen LogP contribution in [-0.4, -0.2) is 40.6 Å². The highest BCUT2D eigenvalue weighted by Gasteiger charge is 2.23. The van der Waals surface area contributed by atoms with Crippen molar-refractivity contribution in [3.63, 3.8) is 0 Å². The second kappa shape index (κ2) is 10.6. The van der Waals surface area contributed by atoms with E-state index in [9.17, 15) is 0 Å². The van der Waals surface area contributed by atoms with Crippen molar-refractivity contribution < 1.29 is 9.47 Å². The zero-order valence-electron chi connectivity index (χ0n) is 17.0. The largest absolute Gasteiger partial charge is 0.387 e. The number of unbranched alkanes of at least 4 members (excludes halogenated alkanes) is 1. The van der Waals surface area contributed by atoms with Crippen LogP contribution in [0, 0.1) is 10.8 Å². The van der Waals surface area contributed by atoms with E-state index in [2.05, 4.69) is 30.7 Å². The minimum Gasteiger partial charge on any atom is -0.387 e. The molecule has 27 heavy (non-hydrogen) atoms. The number of ether oxygens (including phenoxy) is 2. The first kappa shape index (κ1) is 21.6. The lowest BCUT2D eigenvalue weighted by atomic mass is 9.81. The lowest BCUT2D eigenvalue weighted by molar-refractivity contribution is -0.163. The Hall–Kier alpha value is -1.73. The van der Waals surface area contributed by atoms with Crippen LogP contribution in [0.4, 0.5) is 5.82 Å². The van der Waals surface area contributed by atoms with Crippen LogP contribution in [0.15, 0.2) is 17.5 Å². The fourth-order valence-electron chi connectivity index (χ4n) is 3.04. The molecule has 1 unspecified atom stereocenters. The van der Waals surface area contributed by atoms with E-state index in [1.54, 1.807) is 6.33 Å². The van der Waals surface area contributed by atoms with Crippen molar-refractivity contribution in [2.24, 2.45) is 16.1 Å². The van der Waals surface area contributed by atoms with Crippen LogP contribution in [0.2, 0.25) is 0 Å². The van der Waals surface area contributed by atoms with E-state index >= 15 is 0 Å². The van der Waals surface area contributed by atoms with Crippen LogP contribution in [0.3, 0.4) is 0 Å².